The van der Waals surface area contributed by atoms with Gasteiger partial charge in [0, 0.05) is 24.2 Å². The monoisotopic (exact) mass is 285 g/mol. The van der Waals surface area contributed by atoms with Crippen molar-refractivity contribution in [1.29, 1.82) is 0 Å². The van der Waals surface area contributed by atoms with Crippen LogP contribution in [0.15, 0.2) is 36.4 Å². The number of amides is 1. The quantitative estimate of drug-likeness (QED) is 0.878. The number of hydrogen-bond acceptors (Lipinski definition) is 4. The summed E-state index contributed by atoms with van der Waals surface area (Å²) in [4.78, 5) is 11.7. The fourth-order valence-corrected chi connectivity index (χ4v) is 1.76. The fraction of sp³-hybridized carbons (Fsp3) is 0.312. The van der Waals surface area contributed by atoms with E-state index < -0.39 is 0 Å². The van der Waals surface area contributed by atoms with E-state index in [2.05, 4.69) is 22.4 Å². The minimum atomic E-state index is 0.0177. The second-order valence-electron chi connectivity index (χ2n) is 4.79. The highest BCUT2D eigenvalue weighted by Gasteiger charge is 2.04. The van der Waals surface area contributed by atoms with E-state index in [1.54, 1.807) is 12.1 Å². The molecule has 21 heavy (non-hydrogen) atoms. The Morgan fingerprint density at radius 1 is 1.24 bits per heavy atom. The van der Waals surface area contributed by atoms with Crippen LogP contribution in [0.25, 0.3) is 0 Å². The van der Waals surface area contributed by atoms with Crippen molar-refractivity contribution in [2.75, 3.05) is 5.32 Å². The van der Waals surface area contributed by atoms with E-state index in [-0.39, 0.29) is 5.91 Å². The van der Waals surface area contributed by atoms with Crippen LogP contribution in [-0.4, -0.2) is 16.1 Å². The third kappa shape index (κ3) is 4.87. The summed E-state index contributed by atoms with van der Waals surface area (Å²) in [5, 5.41) is 10.7. The smallest absolute Gasteiger partial charge is 0.238 e. The Labute approximate surface area is 124 Å². The third-order valence-electron chi connectivity index (χ3n) is 2.87. The standard InChI is InChI=1S/C16H19N3O2/c1-3-4-8-15(20)17-13-6-5-7-14(11-13)21-16-10-9-12(2)18-19-16/h5-7,9-11H,3-4,8H2,1-2H3,(H,17,20). The van der Waals surface area contributed by atoms with Gasteiger partial charge >= 0.3 is 0 Å². The number of nitrogens with one attached hydrogen (secondary N) is 1. The average molecular weight is 285 g/mol. The minimum Gasteiger partial charge on any atom is -0.437 e. The van der Waals surface area contributed by atoms with E-state index in [1.807, 2.05) is 31.2 Å². The van der Waals surface area contributed by atoms with Crippen LogP contribution in [-0.2, 0) is 4.79 Å². The van der Waals surface area contributed by atoms with Gasteiger partial charge in [0.05, 0.1) is 5.69 Å². The number of aryl methyl sites for hydroxylation is 1. The van der Waals surface area contributed by atoms with Gasteiger partial charge in [0.1, 0.15) is 5.75 Å². The number of carbonyl (C=O) groups excluding carboxylic acids is 1. The summed E-state index contributed by atoms with van der Waals surface area (Å²) in [5.74, 6) is 1.06. The van der Waals surface area contributed by atoms with E-state index in [1.165, 1.54) is 0 Å². The molecule has 0 unspecified atom stereocenters. The lowest BCUT2D eigenvalue weighted by atomic mass is 10.2. The number of carbonyl (C=O) groups is 1. The van der Waals surface area contributed by atoms with Crippen molar-refractivity contribution in [3.63, 3.8) is 0 Å². The Kier molecular flexibility index (Phi) is 5.26. The van der Waals surface area contributed by atoms with Crippen LogP contribution in [0.2, 0.25) is 0 Å². The lowest BCUT2D eigenvalue weighted by Crippen LogP contribution is -2.10. The number of rotatable bonds is 6. The second-order valence-corrected chi connectivity index (χ2v) is 4.79. The van der Waals surface area contributed by atoms with Gasteiger partial charge in [0.25, 0.3) is 0 Å². The molecule has 0 saturated heterocycles. The lowest BCUT2D eigenvalue weighted by molar-refractivity contribution is -0.116. The predicted molar refractivity (Wildman–Crippen MR) is 81.4 cm³/mol. The van der Waals surface area contributed by atoms with Gasteiger partial charge in [-0.1, -0.05) is 19.4 Å². The van der Waals surface area contributed by atoms with Crippen LogP contribution in [0, 0.1) is 6.92 Å². The first-order chi connectivity index (χ1) is 10.2. The van der Waals surface area contributed by atoms with Crippen molar-refractivity contribution in [2.24, 2.45) is 0 Å². The maximum absolute atomic E-state index is 11.7. The zero-order chi connectivity index (χ0) is 15.1. The molecule has 1 heterocycles. The molecule has 1 aromatic heterocycles. The zero-order valence-electron chi connectivity index (χ0n) is 12.3. The van der Waals surface area contributed by atoms with Crippen molar-refractivity contribution >= 4 is 11.6 Å². The first kappa shape index (κ1) is 15.0. The van der Waals surface area contributed by atoms with Crippen molar-refractivity contribution in [3.8, 4) is 11.6 Å². The summed E-state index contributed by atoms with van der Waals surface area (Å²) in [6.45, 7) is 3.92. The number of nitrogens with zero attached hydrogens (tertiary/aromatic N) is 2. The molecule has 0 fully saturated rings. The van der Waals surface area contributed by atoms with Gasteiger partial charge in [-0.2, -0.15) is 5.10 Å². The number of benzene rings is 1. The molecule has 0 bridgehead atoms. The first-order valence-electron chi connectivity index (χ1n) is 7.05. The Morgan fingerprint density at radius 3 is 2.81 bits per heavy atom. The molecule has 0 spiro atoms. The number of ether oxygens (including phenoxy) is 1. The van der Waals surface area contributed by atoms with E-state index in [9.17, 15) is 4.79 Å². The largest absolute Gasteiger partial charge is 0.437 e. The molecule has 0 radical (unpaired) electrons. The third-order valence-corrected chi connectivity index (χ3v) is 2.87. The minimum absolute atomic E-state index is 0.0177. The predicted octanol–water partition coefficient (Wildman–Crippen LogP) is 3.71. The van der Waals surface area contributed by atoms with Crippen LogP contribution < -0.4 is 10.1 Å². The van der Waals surface area contributed by atoms with Gasteiger partial charge in [-0.05, 0) is 31.5 Å². The first-order valence-corrected chi connectivity index (χ1v) is 7.05. The number of aromatic nitrogens is 2. The molecule has 5 heteroatoms. The van der Waals surface area contributed by atoms with E-state index in [4.69, 9.17) is 4.74 Å². The molecule has 0 aliphatic carbocycles. The summed E-state index contributed by atoms with van der Waals surface area (Å²) in [7, 11) is 0. The molecule has 2 aromatic rings. The highest BCUT2D eigenvalue weighted by molar-refractivity contribution is 5.90. The topological polar surface area (TPSA) is 64.1 Å². The Balaban J connectivity index is 2.00. The molecular weight excluding hydrogens is 266 g/mol. The lowest BCUT2D eigenvalue weighted by Gasteiger charge is -2.08. The second kappa shape index (κ2) is 7.38. The summed E-state index contributed by atoms with van der Waals surface area (Å²) in [6, 6.07) is 10.8. The summed E-state index contributed by atoms with van der Waals surface area (Å²) < 4.78 is 5.61. The van der Waals surface area contributed by atoms with Crippen molar-refractivity contribution in [2.45, 2.75) is 33.1 Å². The molecule has 5 nitrogen and oxygen atoms in total. The highest BCUT2D eigenvalue weighted by Crippen LogP contribution is 2.22. The van der Waals surface area contributed by atoms with E-state index in [0.717, 1.165) is 18.5 Å². The summed E-state index contributed by atoms with van der Waals surface area (Å²) in [5.41, 5.74) is 1.55. The van der Waals surface area contributed by atoms with E-state index in [0.29, 0.717) is 23.7 Å². The Hall–Kier alpha value is -2.43. The normalized spacial score (nSPS) is 10.2. The van der Waals surface area contributed by atoms with E-state index >= 15 is 0 Å². The molecule has 1 N–H and O–H groups in total. The van der Waals surface area contributed by atoms with Gasteiger partial charge in [-0.25, -0.2) is 0 Å². The van der Waals surface area contributed by atoms with Gasteiger partial charge in [-0.15, -0.1) is 5.10 Å². The Bertz CT molecular complexity index is 597. The van der Waals surface area contributed by atoms with Gasteiger partial charge in [-0.3, -0.25) is 4.79 Å². The average Bonchev–Trinajstić information content (AvgIpc) is 2.48. The van der Waals surface area contributed by atoms with Gasteiger partial charge in [0.15, 0.2) is 0 Å². The number of unbranched alkanes of at least 4 members (excludes halogenated alkanes) is 1. The maximum Gasteiger partial charge on any atom is 0.238 e. The molecule has 1 aromatic carbocycles. The van der Waals surface area contributed by atoms with Crippen LogP contribution >= 0.6 is 0 Å². The van der Waals surface area contributed by atoms with Crippen molar-refractivity contribution < 1.29 is 9.53 Å². The van der Waals surface area contributed by atoms with Crippen molar-refractivity contribution in [3.05, 3.63) is 42.1 Å². The molecule has 110 valence electrons. The molecular formula is C16H19N3O2. The zero-order valence-corrected chi connectivity index (χ0v) is 12.3. The van der Waals surface area contributed by atoms with Crippen molar-refractivity contribution in [1.82, 2.24) is 10.2 Å². The molecule has 0 aliphatic heterocycles. The molecule has 1 amide bonds. The molecule has 0 atom stereocenters. The van der Waals surface area contributed by atoms with Gasteiger partial charge < -0.3 is 10.1 Å². The molecule has 0 saturated carbocycles. The SMILES string of the molecule is CCCCC(=O)Nc1cccc(Oc2ccc(C)nn2)c1. The Morgan fingerprint density at radius 2 is 2.10 bits per heavy atom. The number of anilines is 1. The summed E-state index contributed by atoms with van der Waals surface area (Å²) >= 11 is 0. The molecule has 0 aliphatic rings. The highest BCUT2D eigenvalue weighted by atomic mass is 16.5. The maximum atomic E-state index is 11.7. The van der Waals surface area contributed by atoms with Crippen LogP contribution in [0.1, 0.15) is 31.9 Å². The van der Waals surface area contributed by atoms with Crippen LogP contribution in [0.5, 0.6) is 11.6 Å². The van der Waals surface area contributed by atoms with Crippen LogP contribution in [0.3, 0.4) is 0 Å². The van der Waals surface area contributed by atoms with Crippen LogP contribution in [0.4, 0.5) is 5.69 Å². The fourth-order valence-electron chi connectivity index (χ4n) is 1.76. The number of hydrogen-bond donors (Lipinski definition) is 1. The van der Waals surface area contributed by atoms with Gasteiger partial charge in [0.2, 0.25) is 11.8 Å². The summed E-state index contributed by atoms with van der Waals surface area (Å²) in [6.07, 6.45) is 2.43. The molecule has 2 rings (SSSR count).